The molecule has 2 aromatic heterocycles. The Morgan fingerprint density at radius 3 is 2.58 bits per heavy atom. The van der Waals surface area contributed by atoms with Gasteiger partial charge in [0, 0.05) is 37.4 Å². The zero-order chi connectivity index (χ0) is 13.7. The van der Waals surface area contributed by atoms with Crippen LogP contribution in [0.3, 0.4) is 0 Å². The van der Waals surface area contributed by atoms with E-state index < -0.39 is 0 Å². The van der Waals surface area contributed by atoms with Gasteiger partial charge in [-0.1, -0.05) is 20.8 Å². The van der Waals surface area contributed by atoms with Crippen molar-refractivity contribution in [2.24, 2.45) is 5.92 Å². The molecule has 3 heteroatoms. The van der Waals surface area contributed by atoms with Crippen molar-refractivity contribution in [1.82, 2.24) is 14.9 Å². The molecule has 0 radical (unpaired) electrons. The van der Waals surface area contributed by atoms with Crippen molar-refractivity contribution in [3.05, 3.63) is 54.1 Å². The Balaban J connectivity index is 2.10. The molecule has 0 aliphatic rings. The fourth-order valence-electron chi connectivity index (χ4n) is 2.40. The maximum atomic E-state index is 4.05. The third kappa shape index (κ3) is 3.67. The second kappa shape index (κ2) is 6.53. The standard InChI is InChI=1S/C16H23N3/c1-4-18-16(13(2)3)15-7-10-19(12-15)11-14-5-8-17-9-6-14/h5-10,12-13,16,18H,4,11H2,1-3H3. The Hall–Kier alpha value is -1.61. The SMILES string of the molecule is CCNC(c1ccn(Cc2ccncc2)c1)C(C)C. The van der Waals surface area contributed by atoms with Gasteiger partial charge < -0.3 is 9.88 Å². The molecule has 0 fully saturated rings. The van der Waals surface area contributed by atoms with Crippen LogP contribution in [-0.2, 0) is 6.54 Å². The van der Waals surface area contributed by atoms with Crippen LogP contribution in [0.1, 0.15) is 37.9 Å². The zero-order valence-electron chi connectivity index (χ0n) is 12.0. The molecule has 0 bridgehead atoms. The van der Waals surface area contributed by atoms with Gasteiger partial charge in [0.1, 0.15) is 0 Å². The lowest BCUT2D eigenvalue weighted by molar-refractivity contribution is 0.421. The third-order valence-corrected chi connectivity index (χ3v) is 3.34. The van der Waals surface area contributed by atoms with Crippen molar-refractivity contribution < 1.29 is 0 Å². The van der Waals surface area contributed by atoms with Crippen LogP contribution >= 0.6 is 0 Å². The van der Waals surface area contributed by atoms with Gasteiger partial charge in [-0.2, -0.15) is 0 Å². The molecule has 0 aliphatic carbocycles. The van der Waals surface area contributed by atoms with Crippen LogP contribution in [0.2, 0.25) is 0 Å². The molecule has 2 rings (SSSR count). The largest absolute Gasteiger partial charge is 0.350 e. The van der Waals surface area contributed by atoms with Crippen LogP contribution in [0, 0.1) is 5.92 Å². The molecular weight excluding hydrogens is 234 g/mol. The molecule has 0 saturated carbocycles. The summed E-state index contributed by atoms with van der Waals surface area (Å²) in [4.78, 5) is 4.05. The second-order valence-corrected chi connectivity index (χ2v) is 5.25. The fourth-order valence-corrected chi connectivity index (χ4v) is 2.40. The van der Waals surface area contributed by atoms with E-state index in [9.17, 15) is 0 Å². The molecule has 0 amide bonds. The average molecular weight is 257 g/mol. The summed E-state index contributed by atoms with van der Waals surface area (Å²) >= 11 is 0. The number of rotatable bonds is 6. The number of aromatic nitrogens is 2. The first-order chi connectivity index (χ1) is 9.20. The van der Waals surface area contributed by atoms with E-state index >= 15 is 0 Å². The minimum Gasteiger partial charge on any atom is -0.350 e. The molecule has 0 aromatic carbocycles. The smallest absolute Gasteiger partial charge is 0.0471 e. The summed E-state index contributed by atoms with van der Waals surface area (Å²) < 4.78 is 2.23. The van der Waals surface area contributed by atoms with Crippen LogP contribution in [0.5, 0.6) is 0 Å². The van der Waals surface area contributed by atoms with Crippen molar-refractivity contribution in [2.75, 3.05) is 6.54 Å². The van der Waals surface area contributed by atoms with Crippen LogP contribution in [0.4, 0.5) is 0 Å². The predicted octanol–water partition coefficient (Wildman–Crippen LogP) is 3.24. The molecule has 1 atom stereocenters. The van der Waals surface area contributed by atoms with E-state index in [-0.39, 0.29) is 0 Å². The van der Waals surface area contributed by atoms with Crippen LogP contribution in [0.25, 0.3) is 0 Å². The van der Waals surface area contributed by atoms with E-state index in [0.29, 0.717) is 12.0 Å². The minimum atomic E-state index is 0.434. The molecular formula is C16H23N3. The van der Waals surface area contributed by atoms with E-state index in [1.54, 1.807) is 0 Å². The van der Waals surface area contributed by atoms with Crippen molar-refractivity contribution >= 4 is 0 Å². The van der Waals surface area contributed by atoms with E-state index in [0.717, 1.165) is 13.1 Å². The highest BCUT2D eigenvalue weighted by atomic mass is 15.0. The maximum absolute atomic E-state index is 4.05. The molecule has 3 nitrogen and oxygen atoms in total. The van der Waals surface area contributed by atoms with E-state index in [1.165, 1.54) is 11.1 Å². The summed E-state index contributed by atoms with van der Waals surface area (Å²) in [7, 11) is 0. The fraction of sp³-hybridized carbons (Fsp3) is 0.438. The van der Waals surface area contributed by atoms with E-state index in [1.807, 2.05) is 12.4 Å². The Labute approximate surface area is 115 Å². The minimum absolute atomic E-state index is 0.434. The van der Waals surface area contributed by atoms with Gasteiger partial charge in [0.05, 0.1) is 0 Å². The zero-order valence-corrected chi connectivity index (χ0v) is 12.0. The van der Waals surface area contributed by atoms with E-state index in [2.05, 4.69) is 66.2 Å². The Kier molecular flexibility index (Phi) is 4.74. The number of pyridine rings is 1. The number of nitrogens with one attached hydrogen (secondary N) is 1. The topological polar surface area (TPSA) is 29.9 Å². The molecule has 102 valence electrons. The van der Waals surface area contributed by atoms with Gasteiger partial charge in [-0.15, -0.1) is 0 Å². The first kappa shape index (κ1) is 13.8. The van der Waals surface area contributed by atoms with Crippen molar-refractivity contribution in [1.29, 1.82) is 0 Å². The normalized spacial score (nSPS) is 12.8. The monoisotopic (exact) mass is 257 g/mol. The maximum Gasteiger partial charge on any atom is 0.0471 e. The molecule has 1 unspecified atom stereocenters. The van der Waals surface area contributed by atoms with Gasteiger partial charge in [0.15, 0.2) is 0 Å². The predicted molar refractivity (Wildman–Crippen MR) is 79.0 cm³/mol. The van der Waals surface area contributed by atoms with Crippen LogP contribution < -0.4 is 5.32 Å². The van der Waals surface area contributed by atoms with Crippen molar-refractivity contribution in [3.63, 3.8) is 0 Å². The molecule has 1 N–H and O–H groups in total. The highest BCUT2D eigenvalue weighted by molar-refractivity contribution is 5.18. The number of hydrogen-bond acceptors (Lipinski definition) is 2. The summed E-state index contributed by atoms with van der Waals surface area (Å²) in [6.45, 7) is 8.57. The summed E-state index contributed by atoms with van der Waals surface area (Å²) in [5, 5.41) is 3.55. The summed E-state index contributed by atoms with van der Waals surface area (Å²) in [6.07, 6.45) is 8.08. The van der Waals surface area contributed by atoms with Gasteiger partial charge in [-0.05, 0) is 41.8 Å². The molecule has 2 heterocycles. The Morgan fingerprint density at radius 2 is 1.95 bits per heavy atom. The van der Waals surface area contributed by atoms with Gasteiger partial charge in [-0.3, -0.25) is 4.98 Å². The first-order valence-electron chi connectivity index (χ1n) is 6.98. The second-order valence-electron chi connectivity index (χ2n) is 5.25. The van der Waals surface area contributed by atoms with Gasteiger partial charge in [0.2, 0.25) is 0 Å². The van der Waals surface area contributed by atoms with Crippen molar-refractivity contribution in [2.45, 2.75) is 33.4 Å². The number of hydrogen-bond donors (Lipinski definition) is 1. The molecule has 19 heavy (non-hydrogen) atoms. The lowest BCUT2D eigenvalue weighted by Gasteiger charge is -2.20. The first-order valence-corrected chi connectivity index (χ1v) is 6.98. The lowest BCUT2D eigenvalue weighted by atomic mass is 9.98. The molecule has 0 aliphatic heterocycles. The highest BCUT2D eigenvalue weighted by Gasteiger charge is 2.15. The molecule has 2 aromatic rings. The third-order valence-electron chi connectivity index (χ3n) is 3.34. The van der Waals surface area contributed by atoms with Crippen LogP contribution in [0.15, 0.2) is 43.0 Å². The van der Waals surface area contributed by atoms with E-state index in [4.69, 9.17) is 0 Å². The summed E-state index contributed by atoms with van der Waals surface area (Å²) in [5.41, 5.74) is 2.65. The van der Waals surface area contributed by atoms with Crippen LogP contribution in [-0.4, -0.2) is 16.1 Å². The average Bonchev–Trinajstić information content (AvgIpc) is 2.85. The quantitative estimate of drug-likeness (QED) is 0.861. The Bertz CT molecular complexity index is 488. The lowest BCUT2D eigenvalue weighted by Crippen LogP contribution is -2.25. The van der Waals surface area contributed by atoms with Gasteiger partial charge >= 0.3 is 0 Å². The van der Waals surface area contributed by atoms with Gasteiger partial charge in [-0.25, -0.2) is 0 Å². The molecule has 0 spiro atoms. The Morgan fingerprint density at radius 1 is 1.21 bits per heavy atom. The highest BCUT2D eigenvalue weighted by Crippen LogP contribution is 2.22. The van der Waals surface area contributed by atoms with Gasteiger partial charge in [0.25, 0.3) is 0 Å². The summed E-state index contributed by atoms with van der Waals surface area (Å²) in [5.74, 6) is 0.594. The molecule has 0 saturated heterocycles. The van der Waals surface area contributed by atoms with Crippen molar-refractivity contribution in [3.8, 4) is 0 Å². The summed E-state index contributed by atoms with van der Waals surface area (Å²) in [6, 6.07) is 6.77. The number of nitrogens with zero attached hydrogens (tertiary/aromatic N) is 2.